The van der Waals surface area contributed by atoms with E-state index in [0.29, 0.717) is 0 Å². The van der Waals surface area contributed by atoms with E-state index >= 15 is 0 Å². The van der Waals surface area contributed by atoms with Gasteiger partial charge in [0.2, 0.25) is 0 Å². The lowest BCUT2D eigenvalue weighted by molar-refractivity contribution is 1.29. The molecule has 10 rings (SSSR count). The first-order chi connectivity index (χ1) is 30.6. The summed E-state index contributed by atoms with van der Waals surface area (Å²) in [5.41, 5.74) is 16.3. The average molecular weight is 795 g/mol. The maximum Gasteiger partial charge on any atom is 0.0468 e. The van der Waals surface area contributed by atoms with Crippen molar-refractivity contribution in [3.8, 4) is 33.4 Å². The van der Waals surface area contributed by atoms with Crippen LogP contribution in [0.5, 0.6) is 0 Å². The summed E-state index contributed by atoms with van der Waals surface area (Å²) in [6, 6.07) is 83.6. The van der Waals surface area contributed by atoms with Crippen LogP contribution < -0.4 is 9.80 Å². The Morgan fingerprint density at radius 3 is 1.10 bits per heavy atom. The van der Waals surface area contributed by atoms with Crippen molar-refractivity contribution in [1.29, 1.82) is 0 Å². The number of anilines is 6. The average Bonchev–Trinajstić information content (AvgIpc) is 3.33. The molecule has 0 N–H and O–H groups in total. The van der Waals surface area contributed by atoms with Crippen LogP contribution in [0, 0.1) is 6.92 Å². The number of rotatable bonds is 10. The van der Waals surface area contributed by atoms with Crippen molar-refractivity contribution in [1.82, 2.24) is 0 Å². The minimum Gasteiger partial charge on any atom is -0.310 e. The van der Waals surface area contributed by atoms with Crippen molar-refractivity contribution in [2.45, 2.75) is 13.8 Å². The van der Waals surface area contributed by atoms with Crippen LogP contribution in [-0.4, -0.2) is 0 Å². The second kappa shape index (κ2) is 17.0. The summed E-state index contributed by atoms with van der Waals surface area (Å²) in [7, 11) is 0. The van der Waals surface area contributed by atoms with Gasteiger partial charge in [0.15, 0.2) is 0 Å². The van der Waals surface area contributed by atoms with Crippen LogP contribution >= 0.6 is 0 Å². The molecule has 0 aromatic heterocycles. The molecule has 0 unspecified atom stereocenters. The molecule has 0 radical (unpaired) electrons. The molecule has 0 fully saturated rings. The molecule has 0 saturated heterocycles. The molecule has 0 heterocycles. The summed E-state index contributed by atoms with van der Waals surface area (Å²) in [4.78, 5) is 4.73. The Balaban J connectivity index is 1.30. The standard InChI is InChI=1S/C60H46N2/c1-3-19-44-30-35-48(40-43(44)2)60-56-39-37-53(61(49-22-11-5-12-23-49)50-24-13-6-14-25-50)41-57(56)59(47-33-31-46(32-34-47)45-20-9-4-10-21-45)55-38-36-54(42-58(55)60)62(51-26-15-7-16-27-51)52-28-17-8-18-29-52/h3-42H,1-2H3/b19-3-. The Morgan fingerprint density at radius 2 is 0.677 bits per heavy atom. The Morgan fingerprint density at radius 1 is 0.306 bits per heavy atom. The second-order valence-electron chi connectivity index (χ2n) is 15.7. The fourth-order valence-electron chi connectivity index (χ4n) is 8.96. The molecular formula is C60H46N2. The summed E-state index contributed by atoms with van der Waals surface area (Å²) in [5, 5.41) is 4.79. The highest BCUT2D eigenvalue weighted by Gasteiger charge is 2.22. The predicted octanol–water partition coefficient (Wildman–Crippen LogP) is 17.3. The van der Waals surface area contributed by atoms with Crippen molar-refractivity contribution in [2.75, 3.05) is 9.80 Å². The third-order valence-electron chi connectivity index (χ3n) is 11.8. The van der Waals surface area contributed by atoms with Crippen molar-refractivity contribution < 1.29 is 0 Å². The lowest BCUT2D eigenvalue weighted by Gasteiger charge is -2.28. The molecule has 2 heteroatoms. The van der Waals surface area contributed by atoms with Crippen LogP contribution in [-0.2, 0) is 0 Å². The van der Waals surface area contributed by atoms with Gasteiger partial charge in [-0.3, -0.25) is 0 Å². The van der Waals surface area contributed by atoms with E-state index in [-0.39, 0.29) is 0 Å². The van der Waals surface area contributed by atoms with Gasteiger partial charge < -0.3 is 9.80 Å². The Bertz CT molecular complexity index is 3080. The van der Waals surface area contributed by atoms with E-state index in [2.05, 4.69) is 266 Å². The minimum absolute atomic E-state index is 1.10. The van der Waals surface area contributed by atoms with E-state index in [4.69, 9.17) is 0 Å². The van der Waals surface area contributed by atoms with Gasteiger partial charge in [-0.15, -0.1) is 0 Å². The van der Waals surface area contributed by atoms with Crippen LogP contribution in [0.4, 0.5) is 34.1 Å². The summed E-state index contributed by atoms with van der Waals surface area (Å²) >= 11 is 0. The van der Waals surface area contributed by atoms with Crippen LogP contribution in [0.2, 0.25) is 0 Å². The zero-order valence-corrected chi connectivity index (χ0v) is 35.0. The highest BCUT2D eigenvalue weighted by Crippen LogP contribution is 2.48. The number of para-hydroxylation sites is 4. The fraction of sp³-hybridized carbons (Fsp3) is 0.0333. The van der Waals surface area contributed by atoms with Gasteiger partial charge in [0.1, 0.15) is 0 Å². The van der Waals surface area contributed by atoms with Crippen LogP contribution in [0.15, 0.2) is 237 Å². The van der Waals surface area contributed by atoms with E-state index in [9.17, 15) is 0 Å². The highest BCUT2D eigenvalue weighted by molar-refractivity contribution is 6.22. The smallest absolute Gasteiger partial charge is 0.0468 e. The predicted molar refractivity (Wildman–Crippen MR) is 267 cm³/mol. The number of hydrogen-bond donors (Lipinski definition) is 0. The molecule has 62 heavy (non-hydrogen) atoms. The van der Waals surface area contributed by atoms with Crippen molar-refractivity contribution in [3.63, 3.8) is 0 Å². The monoisotopic (exact) mass is 794 g/mol. The van der Waals surface area contributed by atoms with Crippen molar-refractivity contribution in [2.24, 2.45) is 0 Å². The van der Waals surface area contributed by atoms with Crippen LogP contribution in [0.3, 0.4) is 0 Å². The van der Waals surface area contributed by atoms with Crippen LogP contribution in [0.25, 0.3) is 61.0 Å². The summed E-state index contributed by atoms with van der Waals surface area (Å²) < 4.78 is 0. The fourth-order valence-corrected chi connectivity index (χ4v) is 8.96. The first kappa shape index (κ1) is 38.3. The van der Waals surface area contributed by atoms with Gasteiger partial charge in [0, 0.05) is 34.1 Å². The van der Waals surface area contributed by atoms with Gasteiger partial charge in [0.25, 0.3) is 0 Å². The first-order valence-electron chi connectivity index (χ1n) is 21.4. The Labute approximate surface area is 364 Å². The summed E-state index contributed by atoms with van der Waals surface area (Å²) in [6.45, 7) is 4.30. The van der Waals surface area contributed by atoms with E-state index in [1.54, 1.807) is 0 Å². The molecule has 10 aromatic carbocycles. The highest BCUT2D eigenvalue weighted by atomic mass is 15.1. The molecule has 0 atom stereocenters. The first-order valence-corrected chi connectivity index (χ1v) is 21.4. The quantitative estimate of drug-likeness (QED) is 0.127. The van der Waals surface area contributed by atoms with E-state index in [1.165, 1.54) is 66.1 Å². The third-order valence-corrected chi connectivity index (χ3v) is 11.8. The number of fused-ring (bicyclic) bond motifs is 2. The van der Waals surface area contributed by atoms with Gasteiger partial charge in [-0.05, 0) is 153 Å². The molecule has 10 aromatic rings. The van der Waals surface area contributed by atoms with E-state index in [0.717, 1.165) is 34.1 Å². The molecule has 0 aliphatic heterocycles. The van der Waals surface area contributed by atoms with Crippen LogP contribution in [0.1, 0.15) is 18.1 Å². The van der Waals surface area contributed by atoms with Gasteiger partial charge in [0.05, 0.1) is 0 Å². The molecule has 0 amide bonds. The van der Waals surface area contributed by atoms with Crippen molar-refractivity contribution in [3.05, 3.63) is 248 Å². The van der Waals surface area contributed by atoms with E-state index in [1.807, 2.05) is 0 Å². The lowest BCUT2D eigenvalue weighted by atomic mass is 9.84. The number of nitrogens with zero attached hydrogens (tertiary/aromatic N) is 2. The molecule has 0 saturated carbocycles. The maximum absolute atomic E-state index is 2.41. The zero-order chi connectivity index (χ0) is 41.8. The molecule has 0 aliphatic rings. The molecule has 296 valence electrons. The normalized spacial score (nSPS) is 11.3. The summed E-state index contributed by atoms with van der Waals surface area (Å²) in [6.07, 6.45) is 4.31. The number of hydrogen-bond acceptors (Lipinski definition) is 2. The SMILES string of the molecule is C/C=C\c1ccc(-c2c3ccc(N(c4ccccc4)c4ccccc4)cc3c(-c3ccc(-c4ccccc4)cc3)c3ccc(N(c4ccccc4)c4ccccc4)cc23)cc1C. The van der Waals surface area contributed by atoms with Gasteiger partial charge in [-0.25, -0.2) is 0 Å². The van der Waals surface area contributed by atoms with Gasteiger partial charge in [-0.2, -0.15) is 0 Å². The number of allylic oxidation sites excluding steroid dienone is 1. The maximum atomic E-state index is 2.41. The number of aryl methyl sites for hydroxylation is 1. The second-order valence-corrected chi connectivity index (χ2v) is 15.7. The molecule has 2 nitrogen and oxygen atoms in total. The summed E-state index contributed by atoms with van der Waals surface area (Å²) in [5.74, 6) is 0. The lowest BCUT2D eigenvalue weighted by Crippen LogP contribution is -2.10. The molecule has 0 bridgehead atoms. The van der Waals surface area contributed by atoms with Gasteiger partial charge >= 0.3 is 0 Å². The van der Waals surface area contributed by atoms with Crippen molar-refractivity contribution >= 4 is 61.7 Å². The van der Waals surface area contributed by atoms with E-state index < -0.39 is 0 Å². The zero-order valence-electron chi connectivity index (χ0n) is 35.0. The minimum atomic E-state index is 1.10. The Kier molecular flexibility index (Phi) is 10.5. The third kappa shape index (κ3) is 7.33. The Hall–Kier alpha value is -7.94. The molecule has 0 spiro atoms. The molecule has 0 aliphatic carbocycles. The largest absolute Gasteiger partial charge is 0.310 e. The molecular weight excluding hydrogens is 749 g/mol. The number of benzene rings is 10. The topological polar surface area (TPSA) is 6.48 Å². The van der Waals surface area contributed by atoms with Gasteiger partial charge in [-0.1, -0.05) is 170 Å².